The van der Waals surface area contributed by atoms with Gasteiger partial charge >= 0.3 is 29.6 Å². The van der Waals surface area contributed by atoms with Crippen LogP contribution in [0.15, 0.2) is 12.0 Å². The van der Waals surface area contributed by atoms with Gasteiger partial charge in [-0.15, -0.1) is 0 Å². The van der Waals surface area contributed by atoms with Crippen molar-refractivity contribution in [3.05, 3.63) is 12.0 Å². The molecule has 0 aliphatic rings. The van der Waals surface area contributed by atoms with Crippen molar-refractivity contribution in [1.82, 2.24) is 16.0 Å². The molecule has 180 valence electrons. The van der Waals surface area contributed by atoms with E-state index >= 15 is 0 Å². The van der Waals surface area contributed by atoms with Crippen LogP contribution in [0.5, 0.6) is 0 Å². The molecule has 2 unspecified atom stereocenters. The number of sulfone groups is 1. The molecule has 0 aliphatic carbocycles. The fourth-order valence-corrected chi connectivity index (χ4v) is 4.30. The van der Waals surface area contributed by atoms with E-state index in [-0.39, 0.29) is 54.8 Å². The molecule has 32 heavy (non-hydrogen) atoms. The minimum Gasteiger partial charge on any atom is -0.748 e. The van der Waals surface area contributed by atoms with E-state index in [0.717, 1.165) is 5.41 Å². The SMILES string of the molecule is C=CS(=O)(=O)CCC(=O)NCNC(=O)C(CC)CC(C)C(=O)NC(C)(C)CS(=O)(=O)[O-].[Na+]. The fraction of sp³-hybridized carbons (Fsp3) is 0.722. The minimum absolute atomic E-state index is 0. The number of hydrogen-bond donors (Lipinski definition) is 3. The first-order valence-electron chi connectivity index (χ1n) is 9.67. The van der Waals surface area contributed by atoms with Crippen LogP contribution in [-0.2, 0) is 34.3 Å². The Bertz CT molecular complexity index is 873. The van der Waals surface area contributed by atoms with E-state index in [4.69, 9.17) is 0 Å². The van der Waals surface area contributed by atoms with Crippen molar-refractivity contribution >= 4 is 37.7 Å². The molecule has 0 saturated heterocycles. The molecule has 0 fully saturated rings. The molecular formula is C18H32N3NaO8S2. The molecule has 11 nitrogen and oxygen atoms in total. The maximum atomic E-state index is 12.3. The van der Waals surface area contributed by atoms with Crippen LogP contribution in [0.3, 0.4) is 0 Å². The van der Waals surface area contributed by atoms with Crippen molar-refractivity contribution in [3.63, 3.8) is 0 Å². The average molecular weight is 506 g/mol. The number of carbonyl (C=O) groups is 3. The Kier molecular flexibility index (Phi) is 14.8. The van der Waals surface area contributed by atoms with Gasteiger partial charge in [-0.25, -0.2) is 16.8 Å². The molecule has 0 bridgehead atoms. The number of hydrogen-bond acceptors (Lipinski definition) is 8. The minimum atomic E-state index is -4.53. The second-order valence-corrected chi connectivity index (χ2v) is 11.4. The predicted molar refractivity (Wildman–Crippen MR) is 114 cm³/mol. The summed E-state index contributed by atoms with van der Waals surface area (Å²) in [6.45, 7) is 9.12. The summed E-state index contributed by atoms with van der Waals surface area (Å²) in [7, 11) is -8.02. The third-order valence-corrected chi connectivity index (χ3v) is 6.72. The van der Waals surface area contributed by atoms with Crippen molar-refractivity contribution in [2.24, 2.45) is 11.8 Å². The van der Waals surface area contributed by atoms with Crippen LogP contribution in [0.25, 0.3) is 0 Å². The maximum absolute atomic E-state index is 12.3. The van der Waals surface area contributed by atoms with Crippen LogP contribution in [0, 0.1) is 11.8 Å². The Hall–Kier alpha value is -0.990. The van der Waals surface area contributed by atoms with Gasteiger partial charge in [-0.1, -0.05) is 20.4 Å². The molecule has 0 rings (SSSR count). The molecular weight excluding hydrogens is 473 g/mol. The molecule has 0 aromatic rings. The largest absolute Gasteiger partial charge is 1.00 e. The molecule has 0 radical (unpaired) electrons. The van der Waals surface area contributed by atoms with E-state index < -0.39 is 60.8 Å². The Balaban J connectivity index is 0. The molecule has 0 aromatic carbocycles. The Labute approximate surface area is 212 Å². The Morgan fingerprint density at radius 1 is 1.09 bits per heavy atom. The predicted octanol–water partition coefficient (Wildman–Crippen LogP) is -3.38. The van der Waals surface area contributed by atoms with E-state index in [2.05, 4.69) is 22.5 Å². The molecule has 3 amide bonds. The molecule has 3 N–H and O–H groups in total. The van der Waals surface area contributed by atoms with Gasteiger partial charge in [-0.2, -0.15) is 0 Å². The number of rotatable bonds is 14. The number of carbonyl (C=O) groups excluding carboxylic acids is 3. The summed E-state index contributed by atoms with van der Waals surface area (Å²) in [5, 5.41) is 8.17. The Morgan fingerprint density at radius 2 is 1.66 bits per heavy atom. The Morgan fingerprint density at radius 3 is 2.12 bits per heavy atom. The third kappa shape index (κ3) is 15.0. The van der Waals surface area contributed by atoms with E-state index in [9.17, 15) is 35.8 Å². The van der Waals surface area contributed by atoms with Crippen LogP contribution in [0.2, 0.25) is 0 Å². The molecule has 0 saturated carbocycles. The van der Waals surface area contributed by atoms with Gasteiger partial charge in [0.1, 0.15) is 0 Å². The molecule has 0 heterocycles. The maximum Gasteiger partial charge on any atom is 1.00 e. The molecule has 14 heteroatoms. The molecule has 0 aromatic heterocycles. The van der Waals surface area contributed by atoms with Gasteiger partial charge in [-0.3, -0.25) is 14.4 Å². The van der Waals surface area contributed by atoms with Gasteiger partial charge in [0, 0.05) is 29.2 Å². The summed E-state index contributed by atoms with van der Waals surface area (Å²) >= 11 is 0. The summed E-state index contributed by atoms with van der Waals surface area (Å²) in [6, 6.07) is 0. The van der Waals surface area contributed by atoms with Crippen molar-refractivity contribution in [3.8, 4) is 0 Å². The van der Waals surface area contributed by atoms with Crippen molar-refractivity contribution in [2.75, 3.05) is 18.2 Å². The van der Waals surface area contributed by atoms with E-state index in [1.165, 1.54) is 13.8 Å². The molecule has 0 aliphatic heterocycles. The number of amides is 3. The van der Waals surface area contributed by atoms with E-state index in [1.807, 2.05) is 0 Å². The topological polar surface area (TPSA) is 179 Å². The zero-order valence-electron chi connectivity index (χ0n) is 19.3. The van der Waals surface area contributed by atoms with Crippen molar-refractivity contribution in [1.29, 1.82) is 0 Å². The van der Waals surface area contributed by atoms with Gasteiger partial charge < -0.3 is 20.5 Å². The average Bonchev–Trinajstić information content (AvgIpc) is 2.61. The van der Waals surface area contributed by atoms with Gasteiger partial charge in [0.25, 0.3) is 0 Å². The standard InChI is InChI=1S/C18H33N3O8S2.Na/c1-6-14(10-13(3)16(23)21-18(4,5)11-31(27,28)29)17(24)20-12-19-15(22)8-9-30(25,26)7-2;/h7,13-14H,2,6,8-12H2,1,3-5H3,(H,19,22)(H,20,24)(H,21,23)(H,27,28,29);/q;+1/p-1. The first-order chi connectivity index (χ1) is 14.0. The summed E-state index contributed by atoms with van der Waals surface area (Å²) in [5.41, 5.74) is -1.25. The first-order valence-corrected chi connectivity index (χ1v) is 13.0. The van der Waals surface area contributed by atoms with Crippen molar-refractivity contribution < 1.29 is 65.3 Å². The summed E-state index contributed by atoms with van der Waals surface area (Å²) in [5.74, 6) is -3.77. The van der Waals surface area contributed by atoms with Gasteiger partial charge in [0.2, 0.25) is 17.7 Å². The summed E-state index contributed by atoms with van der Waals surface area (Å²) in [6.07, 6.45) is 0.306. The number of nitrogens with one attached hydrogen (secondary N) is 3. The van der Waals surface area contributed by atoms with E-state index in [0.29, 0.717) is 6.42 Å². The van der Waals surface area contributed by atoms with Crippen molar-refractivity contribution in [2.45, 2.75) is 52.5 Å². The van der Waals surface area contributed by atoms with Crippen LogP contribution in [0.1, 0.15) is 47.0 Å². The summed E-state index contributed by atoms with van der Waals surface area (Å²) < 4.78 is 55.4. The van der Waals surface area contributed by atoms with Crippen LogP contribution in [-0.4, -0.2) is 62.8 Å². The van der Waals surface area contributed by atoms with Gasteiger partial charge in [0.15, 0.2) is 9.84 Å². The third-order valence-electron chi connectivity index (χ3n) is 4.36. The zero-order valence-corrected chi connectivity index (χ0v) is 22.9. The van der Waals surface area contributed by atoms with E-state index in [1.54, 1.807) is 13.8 Å². The van der Waals surface area contributed by atoms with Crippen LogP contribution in [0.4, 0.5) is 0 Å². The molecule has 2 atom stereocenters. The van der Waals surface area contributed by atoms with Crippen LogP contribution < -0.4 is 45.5 Å². The molecule has 0 spiro atoms. The summed E-state index contributed by atoms with van der Waals surface area (Å²) in [4.78, 5) is 36.3. The normalized spacial score (nSPS) is 13.8. The van der Waals surface area contributed by atoms with Gasteiger partial charge in [-0.05, 0) is 26.7 Å². The second-order valence-electron chi connectivity index (χ2n) is 7.92. The first kappa shape index (κ1) is 33.2. The van der Waals surface area contributed by atoms with Crippen LogP contribution >= 0.6 is 0 Å². The second kappa shape index (κ2) is 14.3. The zero-order chi connectivity index (χ0) is 24.5. The quantitative estimate of drug-likeness (QED) is 0.124. The monoisotopic (exact) mass is 505 g/mol. The smallest absolute Gasteiger partial charge is 0.748 e. The fourth-order valence-electron chi connectivity index (χ4n) is 2.71. The van der Waals surface area contributed by atoms with Gasteiger partial charge in [0.05, 0.1) is 28.3 Å².